The van der Waals surface area contributed by atoms with E-state index in [-0.39, 0.29) is 18.5 Å². The number of aliphatic carboxylic acids is 1. The van der Waals surface area contributed by atoms with Crippen LogP contribution in [0.4, 0.5) is 5.69 Å². The van der Waals surface area contributed by atoms with Gasteiger partial charge in [0.25, 0.3) is 5.69 Å². The summed E-state index contributed by atoms with van der Waals surface area (Å²) in [4.78, 5) is 20.6. The van der Waals surface area contributed by atoms with Gasteiger partial charge in [-0.15, -0.1) is 0 Å². The maximum Gasteiger partial charge on any atom is 0.304 e. The van der Waals surface area contributed by atoms with E-state index >= 15 is 0 Å². The minimum Gasteiger partial charge on any atom is -0.481 e. The van der Waals surface area contributed by atoms with Gasteiger partial charge in [-0.05, 0) is 6.42 Å². The van der Waals surface area contributed by atoms with Crippen molar-refractivity contribution in [3.63, 3.8) is 0 Å². The number of hydrogen-bond donors (Lipinski definition) is 2. The van der Waals surface area contributed by atoms with Gasteiger partial charge in [0.1, 0.15) is 0 Å². The number of benzene rings is 1. The molecule has 0 saturated carbocycles. The van der Waals surface area contributed by atoms with Crippen molar-refractivity contribution in [3.8, 4) is 0 Å². The molecule has 0 radical (unpaired) electrons. The van der Waals surface area contributed by atoms with E-state index in [1.807, 2.05) is 0 Å². The lowest BCUT2D eigenvalue weighted by atomic mass is 10.0. The number of carboxylic acid groups (broad SMARTS) is 1. The molecule has 6 heteroatoms. The fourth-order valence-corrected chi connectivity index (χ4v) is 1.44. The Bertz CT molecular complexity index is 406. The maximum atomic E-state index is 10.7. The van der Waals surface area contributed by atoms with Crippen LogP contribution < -0.4 is 5.73 Å². The SMILES string of the molecule is N[C@H](CC(=O)O)Cc1ccccc1[N+](=O)[O-]. The molecule has 0 unspecified atom stereocenters. The molecular weight excluding hydrogens is 212 g/mol. The van der Waals surface area contributed by atoms with E-state index in [2.05, 4.69) is 0 Å². The van der Waals surface area contributed by atoms with Gasteiger partial charge in [-0.1, -0.05) is 18.2 Å². The predicted molar refractivity (Wildman–Crippen MR) is 57.0 cm³/mol. The average Bonchev–Trinajstić information content (AvgIpc) is 2.16. The number of nitro benzene ring substituents is 1. The Morgan fingerprint density at radius 3 is 2.69 bits per heavy atom. The smallest absolute Gasteiger partial charge is 0.304 e. The van der Waals surface area contributed by atoms with Crippen molar-refractivity contribution in [1.29, 1.82) is 0 Å². The largest absolute Gasteiger partial charge is 0.481 e. The molecule has 16 heavy (non-hydrogen) atoms. The number of carboxylic acids is 1. The second-order valence-corrected chi connectivity index (χ2v) is 3.45. The van der Waals surface area contributed by atoms with Gasteiger partial charge in [0.05, 0.1) is 11.3 Å². The molecule has 6 nitrogen and oxygen atoms in total. The Kier molecular flexibility index (Phi) is 3.96. The highest BCUT2D eigenvalue weighted by Crippen LogP contribution is 2.19. The number of para-hydroxylation sites is 1. The second kappa shape index (κ2) is 5.22. The summed E-state index contributed by atoms with van der Waals surface area (Å²) >= 11 is 0. The van der Waals surface area contributed by atoms with E-state index in [9.17, 15) is 14.9 Å². The third-order valence-corrected chi connectivity index (χ3v) is 2.11. The number of rotatable bonds is 5. The molecule has 0 bridgehead atoms. The van der Waals surface area contributed by atoms with Crippen LogP contribution in [0, 0.1) is 10.1 Å². The zero-order valence-corrected chi connectivity index (χ0v) is 8.50. The summed E-state index contributed by atoms with van der Waals surface area (Å²) in [5.41, 5.74) is 6.01. The third-order valence-electron chi connectivity index (χ3n) is 2.11. The number of nitrogens with zero attached hydrogens (tertiary/aromatic N) is 1. The van der Waals surface area contributed by atoms with E-state index in [0.29, 0.717) is 5.56 Å². The molecule has 0 aliphatic rings. The monoisotopic (exact) mass is 224 g/mol. The van der Waals surface area contributed by atoms with Crippen molar-refractivity contribution < 1.29 is 14.8 Å². The summed E-state index contributed by atoms with van der Waals surface area (Å²) < 4.78 is 0. The maximum absolute atomic E-state index is 10.7. The minimum absolute atomic E-state index is 0.0247. The summed E-state index contributed by atoms with van der Waals surface area (Å²) in [5, 5.41) is 19.2. The standard InChI is InChI=1S/C10H12N2O4/c11-8(6-10(13)14)5-7-3-1-2-4-9(7)12(15)16/h1-4,8H,5-6,11H2,(H,13,14)/t8-/m0/s1. The van der Waals surface area contributed by atoms with Crippen molar-refractivity contribution in [1.82, 2.24) is 0 Å². The van der Waals surface area contributed by atoms with Crippen LogP contribution in [0.25, 0.3) is 0 Å². The molecule has 86 valence electrons. The second-order valence-electron chi connectivity index (χ2n) is 3.45. The molecule has 0 amide bonds. The highest BCUT2D eigenvalue weighted by atomic mass is 16.6. The molecule has 1 aromatic carbocycles. The lowest BCUT2D eigenvalue weighted by Gasteiger charge is -2.08. The number of hydrogen-bond acceptors (Lipinski definition) is 4. The molecule has 1 rings (SSSR count). The highest BCUT2D eigenvalue weighted by Gasteiger charge is 2.16. The molecule has 0 heterocycles. The lowest BCUT2D eigenvalue weighted by molar-refractivity contribution is -0.385. The first-order chi connectivity index (χ1) is 7.50. The summed E-state index contributed by atoms with van der Waals surface area (Å²) in [6, 6.07) is 5.57. The number of carbonyl (C=O) groups is 1. The van der Waals surface area contributed by atoms with Crippen LogP contribution in [0.2, 0.25) is 0 Å². The van der Waals surface area contributed by atoms with Gasteiger partial charge < -0.3 is 10.8 Å². The Balaban J connectivity index is 2.80. The minimum atomic E-state index is -1.01. The Labute approximate surface area is 91.8 Å². The van der Waals surface area contributed by atoms with Crippen LogP contribution in [0.5, 0.6) is 0 Å². The van der Waals surface area contributed by atoms with Crippen LogP contribution >= 0.6 is 0 Å². The van der Waals surface area contributed by atoms with Gasteiger partial charge >= 0.3 is 5.97 Å². The van der Waals surface area contributed by atoms with E-state index < -0.39 is 16.9 Å². The van der Waals surface area contributed by atoms with Crippen LogP contribution in [0.1, 0.15) is 12.0 Å². The van der Waals surface area contributed by atoms with Gasteiger partial charge in [-0.25, -0.2) is 0 Å². The van der Waals surface area contributed by atoms with Gasteiger partial charge in [0.2, 0.25) is 0 Å². The summed E-state index contributed by atoms with van der Waals surface area (Å²) in [7, 11) is 0. The molecule has 0 saturated heterocycles. The third kappa shape index (κ3) is 3.32. The summed E-state index contributed by atoms with van der Waals surface area (Å²) in [6.45, 7) is 0. The molecule has 0 spiro atoms. The Hall–Kier alpha value is -1.95. The van der Waals surface area contributed by atoms with E-state index in [4.69, 9.17) is 10.8 Å². The Morgan fingerprint density at radius 2 is 2.12 bits per heavy atom. The average molecular weight is 224 g/mol. The molecular formula is C10H12N2O4. The van der Waals surface area contributed by atoms with Gasteiger partial charge in [-0.3, -0.25) is 14.9 Å². The van der Waals surface area contributed by atoms with Crippen molar-refractivity contribution in [3.05, 3.63) is 39.9 Å². The summed E-state index contributed by atoms with van der Waals surface area (Å²) in [5.74, 6) is -1.01. The first kappa shape index (κ1) is 12.1. The van der Waals surface area contributed by atoms with Crippen LogP contribution in [-0.4, -0.2) is 22.0 Å². The molecule has 0 aliphatic carbocycles. The fourth-order valence-electron chi connectivity index (χ4n) is 1.44. The molecule has 3 N–H and O–H groups in total. The van der Waals surface area contributed by atoms with Gasteiger partial charge in [0.15, 0.2) is 0 Å². The van der Waals surface area contributed by atoms with E-state index in [1.165, 1.54) is 6.07 Å². The van der Waals surface area contributed by atoms with Crippen LogP contribution in [0.15, 0.2) is 24.3 Å². The van der Waals surface area contributed by atoms with Gasteiger partial charge in [-0.2, -0.15) is 0 Å². The fraction of sp³-hybridized carbons (Fsp3) is 0.300. The molecule has 1 atom stereocenters. The zero-order valence-electron chi connectivity index (χ0n) is 8.50. The van der Waals surface area contributed by atoms with Crippen molar-refractivity contribution in [2.24, 2.45) is 5.73 Å². The normalized spacial score (nSPS) is 12.1. The van der Waals surface area contributed by atoms with E-state index in [0.717, 1.165) is 0 Å². The molecule has 0 aromatic heterocycles. The molecule has 1 aromatic rings. The van der Waals surface area contributed by atoms with Gasteiger partial charge in [0, 0.05) is 17.7 Å². The van der Waals surface area contributed by atoms with Crippen LogP contribution in [0.3, 0.4) is 0 Å². The van der Waals surface area contributed by atoms with Crippen molar-refractivity contribution in [2.45, 2.75) is 18.9 Å². The van der Waals surface area contributed by atoms with Crippen LogP contribution in [-0.2, 0) is 11.2 Å². The Morgan fingerprint density at radius 1 is 1.50 bits per heavy atom. The summed E-state index contributed by atoms with van der Waals surface area (Å²) in [6.07, 6.45) is -0.0184. The highest BCUT2D eigenvalue weighted by molar-refractivity contribution is 5.67. The van der Waals surface area contributed by atoms with E-state index in [1.54, 1.807) is 18.2 Å². The molecule has 0 aliphatic heterocycles. The van der Waals surface area contributed by atoms with Crippen molar-refractivity contribution in [2.75, 3.05) is 0 Å². The lowest BCUT2D eigenvalue weighted by Crippen LogP contribution is -2.26. The first-order valence-corrected chi connectivity index (χ1v) is 4.70. The quantitative estimate of drug-likeness (QED) is 0.571. The first-order valence-electron chi connectivity index (χ1n) is 4.70. The number of nitrogens with two attached hydrogens (primary N) is 1. The topological polar surface area (TPSA) is 106 Å². The predicted octanol–water partition coefficient (Wildman–Crippen LogP) is 0.939. The zero-order chi connectivity index (χ0) is 12.1. The molecule has 0 fully saturated rings. The number of nitro groups is 1. The van der Waals surface area contributed by atoms with Crippen molar-refractivity contribution >= 4 is 11.7 Å².